The lowest BCUT2D eigenvalue weighted by Gasteiger charge is -2.51. The van der Waals surface area contributed by atoms with Crippen molar-refractivity contribution in [2.24, 2.45) is 27.6 Å². The van der Waals surface area contributed by atoms with Gasteiger partial charge < -0.3 is 28.6 Å². The summed E-state index contributed by atoms with van der Waals surface area (Å²) in [6.45, 7) is 23.8. The summed E-state index contributed by atoms with van der Waals surface area (Å²) in [4.78, 5) is 67.5. The smallest absolute Gasteiger partial charge is 0.311 e. The molecule has 0 unspecified atom stereocenters. The SMILES string of the molecule is CC(C)[C@@H]1CC(=O)C=CN1[C@@H]1O[C@H](COC(=O)C(C)(C)C)[C@@H](OC(=O)C(C)(C)C)[C@H](OC(=O)C(C)(C)C)[C@H]1OC(=O)C(C)(C)C. The summed E-state index contributed by atoms with van der Waals surface area (Å²) in [6, 6.07) is -0.367. The fraction of sp³-hybridized carbons (Fsp3) is 0.794. The van der Waals surface area contributed by atoms with Crippen LogP contribution in [0, 0.1) is 27.6 Å². The molecule has 6 atom stereocenters. The van der Waals surface area contributed by atoms with Crippen LogP contribution in [0.4, 0.5) is 0 Å². The third kappa shape index (κ3) is 10.0. The van der Waals surface area contributed by atoms with Gasteiger partial charge in [0.1, 0.15) is 12.7 Å². The topological polar surface area (TPSA) is 135 Å². The zero-order valence-corrected chi connectivity index (χ0v) is 29.6. The molecular weight excluding hydrogens is 582 g/mol. The number of allylic oxidation sites excluding steroid dienone is 1. The molecule has 256 valence electrons. The molecule has 0 N–H and O–H groups in total. The predicted octanol–water partition coefficient (Wildman–Crippen LogP) is 4.99. The molecule has 45 heavy (non-hydrogen) atoms. The Morgan fingerprint density at radius 1 is 0.733 bits per heavy atom. The van der Waals surface area contributed by atoms with Crippen LogP contribution in [0.5, 0.6) is 0 Å². The van der Waals surface area contributed by atoms with Crippen molar-refractivity contribution in [3.63, 3.8) is 0 Å². The van der Waals surface area contributed by atoms with Crippen LogP contribution < -0.4 is 0 Å². The van der Waals surface area contributed by atoms with Gasteiger partial charge in [0.15, 0.2) is 30.3 Å². The van der Waals surface area contributed by atoms with Crippen molar-refractivity contribution in [3.8, 4) is 0 Å². The lowest BCUT2D eigenvalue weighted by molar-refractivity contribution is -0.283. The molecule has 1 fully saturated rings. The molecule has 0 saturated carbocycles. The van der Waals surface area contributed by atoms with Crippen molar-refractivity contribution >= 4 is 29.7 Å². The van der Waals surface area contributed by atoms with Crippen LogP contribution in [-0.2, 0) is 47.7 Å². The van der Waals surface area contributed by atoms with E-state index in [0.29, 0.717) is 0 Å². The van der Waals surface area contributed by atoms with Gasteiger partial charge in [0.2, 0.25) is 0 Å². The van der Waals surface area contributed by atoms with E-state index in [4.69, 9.17) is 23.7 Å². The van der Waals surface area contributed by atoms with Gasteiger partial charge in [0, 0.05) is 18.7 Å². The number of ether oxygens (including phenoxy) is 5. The number of nitrogens with zero attached hydrogens (tertiary/aromatic N) is 1. The normalized spacial score (nSPS) is 26.4. The van der Waals surface area contributed by atoms with E-state index >= 15 is 0 Å². The predicted molar refractivity (Wildman–Crippen MR) is 166 cm³/mol. The minimum absolute atomic E-state index is 0.0364. The Labute approximate surface area is 268 Å². The Kier molecular flexibility index (Phi) is 11.7. The van der Waals surface area contributed by atoms with E-state index in [9.17, 15) is 24.0 Å². The third-order valence-electron chi connectivity index (χ3n) is 7.46. The highest BCUT2D eigenvalue weighted by Crippen LogP contribution is 2.37. The molecule has 0 bridgehead atoms. The molecule has 0 spiro atoms. The summed E-state index contributed by atoms with van der Waals surface area (Å²) in [5.41, 5.74) is -3.73. The highest BCUT2D eigenvalue weighted by molar-refractivity contribution is 5.90. The molecule has 2 aliphatic rings. The van der Waals surface area contributed by atoms with Crippen molar-refractivity contribution < 1.29 is 47.7 Å². The van der Waals surface area contributed by atoms with Gasteiger partial charge in [-0.25, -0.2) is 0 Å². The molecule has 2 aliphatic heterocycles. The average molecular weight is 638 g/mol. The van der Waals surface area contributed by atoms with Gasteiger partial charge in [-0.15, -0.1) is 0 Å². The lowest BCUT2D eigenvalue weighted by atomic mass is 9.89. The van der Waals surface area contributed by atoms with Crippen LogP contribution in [0.15, 0.2) is 12.3 Å². The first-order valence-corrected chi connectivity index (χ1v) is 15.7. The summed E-state index contributed by atoms with van der Waals surface area (Å²) < 4.78 is 30.5. The molecule has 2 rings (SSSR count). The first-order chi connectivity index (χ1) is 20.2. The molecule has 11 heteroatoms. The molecule has 2 heterocycles. The van der Waals surface area contributed by atoms with E-state index in [-0.39, 0.29) is 30.8 Å². The van der Waals surface area contributed by atoms with Gasteiger partial charge in [-0.3, -0.25) is 24.0 Å². The van der Waals surface area contributed by atoms with Gasteiger partial charge in [0.25, 0.3) is 0 Å². The molecule has 11 nitrogen and oxygen atoms in total. The van der Waals surface area contributed by atoms with E-state index in [0.717, 1.165) is 0 Å². The first-order valence-electron chi connectivity index (χ1n) is 15.7. The number of rotatable bonds is 7. The van der Waals surface area contributed by atoms with Crippen molar-refractivity contribution in [1.82, 2.24) is 4.90 Å². The van der Waals surface area contributed by atoms with E-state index < -0.39 is 76.2 Å². The number of ketones is 1. The molecule has 0 aromatic heterocycles. The van der Waals surface area contributed by atoms with Gasteiger partial charge in [0.05, 0.1) is 21.7 Å². The van der Waals surface area contributed by atoms with Crippen LogP contribution >= 0.6 is 0 Å². The third-order valence-corrected chi connectivity index (χ3v) is 7.46. The van der Waals surface area contributed by atoms with Crippen LogP contribution in [0.3, 0.4) is 0 Å². The minimum Gasteiger partial charge on any atom is -0.462 e. The van der Waals surface area contributed by atoms with E-state index in [1.54, 1.807) is 94.2 Å². The summed E-state index contributed by atoms with van der Waals surface area (Å²) >= 11 is 0. The first kappa shape index (κ1) is 38.2. The highest BCUT2D eigenvalue weighted by atomic mass is 16.7. The second kappa shape index (κ2) is 13.8. The quantitative estimate of drug-likeness (QED) is 0.276. The Hall–Kier alpha value is -2.95. The van der Waals surface area contributed by atoms with Crippen molar-refractivity contribution in [1.29, 1.82) is 0 Å². The Morgan fingerprint density at radius 2 is 1.16 bits per heavy atom. The minimum atomic E-state index is -1.36. The van der Waals surface area contributed by atoms with Gasteiger partial charge >= 0.3 is 23.9 Å². The lowest BCUT2D eigenvalue weighted by Crippen LogP contribution is -2.68. The fourth-order valence-corrected chi connectivity index (χ4v) is 4.46. The Bertz CT molecular complexity index is 1150. The average Bonchev–Trinajstić information content (AvgIpc) is 2.87. The Balaban J connectivity index is 2.82. The summed E-state index contributed by atoms with van der Waals surface area (Å²) in [7, 11) is 0. The Morgan fingerprint density at radius 3 is 1.58 bits per heavy atom. The molecule has 0 aromatic carbocycles. The molecule has 0 aliphatic carbocycles. The zero-order valence-electron chi connectivity index (χ0n) is 29.6. The molecule has 1 saturated heterocycles. The maximum Gasteiger partial charge on any atom is 0.311 e. The van der Waals surface area contributed by atoms with Crippen molar-refractivity contribution in [2.75, 3.05) is 6.61 Å². The van der Waals surface area contributed by atoms with Crippen LogP contribution in [0.25, 0.3) is 0 Å². The molecular formula is C34H55NO10. The van der Waals surface area contributed by atoms with Crippen molar-refractivity contribution in [2.45, 2.75) is 140 Å². The van der Waals surface area contributed by atoms with Gasteiger partial charge in [-0.1, -0.05) is 13.8 Å². The highest BCUT2D eigenvalue weighted by Gasteiger charge is 2.56. The number of hydrogen-bond donors (Lipinski definition) is 0. The van der Waals surface area contributed by atoms with Gasteiger partial charge in [-0.05, 0) is 95.1 Å². The number of carbonyl (C=O) groups is 5. The van der Waals surface area contributed by atoms with Crippen LogP contribution in [0.1, 0.15) is 103 Å². The second-order valence-corrected chi connectivity index (χ2v) is 16.5. The number of hydrogen-bond acceptors (Lipinski definition) is 11. The summed E-state index contributed by atoms with van der Waals surface area (Å²) in [6.07, 6.45) is -3.03. The summed E-state index contributed by atoms with van der Waals surface area (Å²) in [5.74, 6) is -2.48. The molecule has 0 amide bonds. The number of carbonyl (C=O) groups excluding carboxylic acids is 5. The van der Waals surface area contributed by atoms with Crippen molar-refractivity contribution in [3.05, 3.63) is 12.3 Å². The summed E-state index contributed by atoms with van der Waals surface area (Å²) in [5, 5.41) is 0. The van der Waals surface area contributed by atoms with E-state index in [2.05, 4.69) is 0 Å². The zero-order chi connectivity index (χ0) is 34.9. The molecule has 0 radical (unpaired) electrons. The monoisotopic (exact) mass is 637 g/mol. The van der Waals surface area contributed by atoms with Gasteiger partial charge in [-0.2, -0.15) is 0 Å². The van der Waals surface area contributed by atoms with E-state index in [1.807, 2.05) is 13.8 Å². The molecule has 0 aromatic rings. The fourth-order valence-electron chi connectivity index (χ4n) is 4.46. The second-order valence-electron chi connectivity index (χ2n) is 16.5. The number of esters is 4. The largest absolute Gasteiger partial charge is 0.462 e. The van der Waals surface area contributed by atoms with E-state index in [1.165, 1.54) is 6.08 Å². The van der Waals surface area contributed by atoms with Crippen LogP contribution in [0.2, 0.25) is 0 Å². The van der Waals surface area contributed by atoms with Crippen LogP contribution in [-0.4, -0.2) is 77.9 Å². The standard InChI is InChI=1S/C34H55NO10/c1-19(2)21-17-20(36)15-16-35(21)26-25(45-30(40)34(12,13)14)24(44-29(39)33(9,10)11)23(43-28(38)32(6,7)8)22(42-26)18-41-27(37)31(3,4)5/h15-16,19,21-26H,17-18H2,1-14H3/t21-,22+,23+,24-,25+,26+/m0/s1. The maximum absolute atomic E-state index is 13.5. The maximum atomic E-state index is 13.5.